The minimum Gasteiger partial charge on any atom is -0.346 e. The normalized spacial score (nSPS) is 13.4. The first-order chi connectivity index (χ1) is 6.38. The fourth-order valence-corrected chi connectivity index (χ4v) is 1.54. The van der Waals surface area contributed by atoms with Crippen molar-refractivity contribution in [1.82, 2.24) is 0 Å². The summed E-state index contributed by atoms with van der Waals surface area (Å²) in [6.45, 7) is 7.16. The van der Waals surface area contributed by atoms with Crippen LogP contribution in [0.25, 0.3) is 0 Å². The van der Waals surface area contributed by atoms with Gasteiger partial charge in [0.15, 0.2) is 0 Å². The van der Waals surface area contributed by atoms with Gasteiger partial charge in [0.2, 0.25) is 0 Å². The molecule has 0 heterocycles. The van der Waals surface area contributed by atoms with Gasteiger partial charge in [-0.3, -0.25) is 0 Å². The van der Waals surface area contributed by atoms with Crippen LogP contribution in [0.2, 0.25) is 0 Å². The summed E-state index contributed by atoms with van der Waals surface area (Å²) in [6.07, 6.45) is 8.67. The van der Waals surface area contributed by atoms with Gasteiger partial charge < -0.3 is 6.92 Å². The molecule has 0 unspecified atom stereocenters. The molecule has 1 aliphatic rings. The largest absolute Gasteiger partial charge is 2.00 e. The van der Waals surface area contributed by atoms with Crippen molar-refractivity contribution in [3.8, 4) is 0 Å². The second-order valence-electron chi connectivity index (χ2n) is 2.96. The van der Waals surface area contributed by atoms with Crippen molar-refractivity contribution in [2.45, 2.75) is 19.8 Å². The van der Waals surface area contributed by atoms with E-state index in [4.69, 9.17) is 0 Å². The Bertz CT molecular complexity index is 293. The molecular formula is C13H16Mg. The Hall–Kier alpha value is -0.404. The van der Waals surface area contributed by atoms with Crippen LogP contribution >= 0.6 is 0 Å². The molecule has 0 radical (unpaired) electrons. The van der Waals surface area contributed by atoms with Crippen LogP contribution in [0.4, 0.5) is 0 Å². The fraction of sp³-hybridized carbons (Fsp3) is 0.231. The second kappa shape index (κ2) is 6.96. The third-order valence-corrected chi connectivity index (χ3v) is 2.18. The van der Waals surface area contributed by atoms with Gasteiger partial charge in [-0.05, 0) is 5.92 Å². The Morgan fingerprint density at radius 2 is 1.79 bits per heavy atom. The average molecular weight is 197 g/mol. The van der Waals surface area contributed by atoms with Crippen LogP contribution in [0.15, 0.2) is 42.5 Å². The van der Waals surface area contributed by atoms with Crippen LogP contribution in [-0.2, 0) is 0 Å². The van der Waals surface area contributed by atoms with Gasteiger partial charge in [0.25, 0.3) is 0 Å². The molecule has 0 amide bonds. The molecule has 0 aromatic heterocycles. The number of aryl methyl sites for hydroxylation is 1. The quantitative estimate of drug-likeness (QED) is 0.477. The van der Waals surface area contributed by atoms with E-state index in [1.54, 1.807) is 6.92 Å². The molecule has 0 atom stereocenters. The van der Waals surface area contributed by atoms with Crippen molar-refractivity contribution in [2.24, 2.45) is 0 Å². The summed E-state index contributed by atoms with van der Waals surface area (Å²) in [5.41, 5.74) is 2.83. The van der Waals surface area contributed by atoms with E-state index in [2.05, 4.69) is 56.4 Å². The van der Waals surface area contributed by atoms with Crippen LogP contribution in [0.1, 0.15) is 24.0 Å². The molecule has 0 N–H and O–H groups in total. The van der Waals surface area contributed by atoms with E-state index in [1.807, 2.05) is 0 Å². The van der Waals surface area contributed by atoms with E-state index in [0.717, 1.165) is 0 Å². The maximum Gasteiger partial charge on any atom is 2.00 e. The third-order valence-electron chi connectivity index (χ3n) is 2.18. The van der Waals surface area contributed by atoms with Crippen molar-refractivity contribution in [3.63, 3.8) is 0 Å². The van der Waals surface area contributed by atoms with Crippen molar-refractivity contribution in [1.29, 1.82) is 0 Å². The maximum atomic E-state index is 3.25. The summed E-state index contributed by atoms with van der Waals surface area (Å²) < 4.78 is 0. The Morgan fingerprint density at radius 1 is 1.21 bits per heavy atom. The van der Waals surface area contributed by atoms with Crippen LogP contribution < -0.4 is 0 Å². The predicted octanol–water partition coefficient (Wildman–Crippen LogP) is 3.38. The molecular weight excluding hydrogens is 180 g/mol. The smallest absolute Gasteiger partial charge is 0.346 e. The van der Waals surface area contributed by atoms with Crippen molar-refractivity contribution in [3.05, 3.63) is 60.6 Å². The molecule has 1 aromatic rings. The zero-order valence-corrected chi connectivity index (χ0v) is 10.4. The topological polar surface area (TPSA) is 0 Å². The standard InChI is InChI=1S/C11H11.C2H5.Mg/c1-9-5-4-8-11(9)10-6-2-3-7-10;1-2;/h2-8,10H,1H3;1H2,2H3;/q2*-1;+2. The molecule has 0 fully saturated rings. The van der Waals surface area contributed by atoms with E-state index in [1.165, 1.54) is 11.1 Å². The summed E-state index contributed by atoms with van der Waals surface area (Å²) in [5, 5.41) is 0. The van der Waals surface area contributed by atoms with E-state index in [0.29, 0.717) is 5.92 Å². The van der Waals surface area contributed by atoms with Crippen LogP contribution in [0.5, 0.6) is 0 Å². The van der Waals surface area contributed by atoms with E-state index in [-0.39, 0.29) is 23.1 Å². The second-order valence-corrected chi connectivity index (χ2v) is 2.96. The maximum absolute atomic E-state index is 3.25. The fourth-order valence-electron chi connectivity index (χ4n) is 1.54. The first-order valence-corrected chi connectivity index (χ1v) is 4.66. The molecule has 0 spiro atoms. The summed E-state index contributed by atoms with van der Waals surface area (Å²) in [6, 6.07) is 6.47. The van der Waals surface area contributed by atoms with Crippen molar-refractivity contribution < 1.29 is 0 Å². The van der Waals surface area contributed by atoms with Gasteiger partial charge in [-0.15, -0.1) is 5.56 Å². The molecule has 0 aliphatic heterocycles. The SMILES string of the molecule is Cc1ccc[c-]1C1C=CC=C1.[CH2-]C.[Mg+2]. The molecule has 0 nitrogen and oxygen atoms in total. The molecule has 0 saturated carbocycles. The van der Waals surface area contributed by atoms with Gasteiger partial charge in [0.1, 0.15) is 0 Å². The van der Waals surface area contributed by atoms with Gasteiger partial charge in [0, 0.05) is 0 Å². The number of rotatable bonds is 1. The molecule has 70 valence electrons. The molecule has 0 bridgehead atoms. The number of hydrogen-bond donors (Lipinski definition) is 0. The molecule has 1 heteroatoms. The number of allylic oxidation sites excluding steroid dienone is 4. The monoisotopic (exact) mass is 196 g/mol. The Labute approximate surface area is 103 Å². The summed E-state index contributed by atoms with van der Waals surface area (Å²) in [5.74, 6) is 0.532. The van der Waals surface area contributed by atoms with Gasteiger partial charge >= 0.3 is 23.1 Å². The molecule has 1 aliphatic carbocycles. The minimum atomic E-state index is 0. The zero-order valence-electron chi connectivity index (χ0n) is 9.03. The van der Waals surface area contributed by atoms with E-state index in [9.17, 15) is 0 Å². The van der Waals surface area contributed by atoms with Gasteiger partial charge in [-0.25, -0.2) is 12.1 Å². The zero-order chi connectivity index (χ0) is 9.68. The van der Waals surface area contributed by atoms with Crippen LogP contribution in [0.3, 0.4) is 0 Å². The Kier molecular flexibility index (Phi) is 6.76. The number of hydrogen-bond acceptors (Lipinski definition) is 0. The third kappa shape index (κ3) is 3.07. The molecule has 0 saturated heterocycles. The molecule has 2 rings (SSSR count). The first-order valence-electron chi connectivity index (χ1n) is 4.66. The van der Waals surface area contributed by atoms with Crippen LogP contribution in [0, 0.1) is 13.8 Å². The van der Waals surface area contributed by atoms with Crippen molar-refractivity contribution >= 4 is 23.1 Å². The summed E-state index contributed by atoms with van der Waals surface area (Å²) >= 11 is 0. The van der Waals surface area contributed by atoms with Gasteiger partial charge in [-0.1, -0.05) is 31.2 Å². The average Bonchev–Trinajstić information content (AvgIpc) is 2.77. The summed E-state index contributed by atoms with van der Waals surface area (Å²) in [7, 11) is 0. The predicted molar refractivity (Wildman–Crippen MR) is 64.6 cm³/mol. The van der Waals surface area contributed by atoms with Gasteiger partial charge in [0.05, 0.1) is 0 Å². The Balaban J connectivity index is 0.000000531. The minimum absolute atomic E-state index is 0. The van der Waals surface area contributed by atoms with Gasteiger partial charge in [-0.2, -0.15) is 18.6 Å². The van der Waals surface area contributed by atoms with E-state index < -0.39 is 0 Å². The molecule has 1 aromatic carbocycles. The van der Waals surface area contributed by atoms with E-state index >= 15 is 0 Å². The molecule has 14 heavy (non-hydrogen) atoms. The summed E-state index contributed by atoms with van der Waals surface area (Å²) in [4.78, 5) is 0. The van der Waals surface area contributed by atoms with Crippen molar-refractivity contribution in [2.75, 3.05) is 0 Å². The first kappa shape index (κ1) is 13.6. The Morgan fingerprint density at radius 3 is 2.21 bits per heavy atom. The van der Waals surface area contributed by atoms with Crippen LogP contribution in [-0.4, -0.2) is 23.1 Å².